The second kappa shape index (κ2) is 9.47. The van der Waals surface area contributed by atoms with Gasteiger partial charge in [-0.2, -0.15) is 0 Å². The summed E-state index contributed by atoms with van der Waals surface area (Å²) in [4.78, 5) is 26.0. The maximum absolute atomic E-state index is 12.5. The standard InChI is InChI=1S/C22H22ClNO5/c1-27-19-11-16-9-10-24(13-17(16)12-20(19)28-2)21(25)14-29-22(26)8-5-15-3-6-18(23)7-4-15/h3-8,11-12H,9-10,13-14H2,1-2H3/b8-5+. The van der Waals surface area contributed by atoms with Crippen molar-refractivity contribution in [1.82, 2.24) is 4.90 Å². The first kappa shape index (κ1) is 20.7. The molecule has 1 aliphatic rings. The van der Waals surface area contributed by atoms with Crippen LogP contribution in [0.15, 0.2) is 42.5 Å². The van der Waals surface area contributed by atoms with Crippen LogP contribution < -0.4 is 9.47 Å². The van der Waals surface area contributed by atoms with E-state index in [0.29, 0.717) is 36.0 Å². The van der Waals surface area contributed by atoms with Gasteiger partial charge in [-0.3, -0.25) is 4.79 Å². The molecule has 0 saturated carbocycles. The van der Waals surface area contributed by atoms with Gasteiger partial charge < -0.3 is 19.1 Å². The van der Waals surface area contributed by atoms with E-state index in [1.807, 2.05) is 12.1 Å². The minimum absolute atomic E-state index is 0.237. The van der Waals surface area contributed by atoms with Crippen molar-refractivity contribution in [2.45, 2.75) is 13.0 Å². The molecule has 2 aromatic rings. The summed E-state index contributed by atoms with van der Waals surface area (Å²) < 4.78 is 15.7. The van der Waals surface area contributed by atoms with E-state index in [0.717, 1.165) is 16.7 Å². The molecule has 0 fully saturated rings. The summed E-state index contributed by atoms with van der Waals surface area (Å²) in [6.07, 6.45) is 3.60. The topological polar surface area (TPSA) is 65.1 Å². The molecule has 2 aromatic carbocycles. The minimum atomic E-state index is -0.572. The van der Waals surface area contributed by atoms with Crippen LogP contribution in [0.4, 0.5) is 0 Å². The quantitative estimate of drug-likeness (QED) is 0.533. The number of fused-ring (bicyclic) bond motifs is 1. The van der Waals surface area contributed by atoms with Crippen LogP contribution in [0.25, 0.3) is 6.08 Å². The van der Waals surface area contributed by atoms with Gasteiger partial charge in [0.2, 0.25) is 0 Å². The fourth-order valence-electron chi connectivity index (χ4n) is 3.11. The molecule has 0 N–H and O–H groups in total. The molecule has 3 rings (SSSR count). The number of amides is 1. The predicted octanol–water partition coefficient (Wildman–Crippen LogP) is 3.50. The third-order valence-electron chi connectivity index (χ3n) is 4.69. The van der Waals surface area contributed by atoms with E-state index in [1.54, 1.807) is 49.5 Å². The van der Waals surface area contributed by atoms with Gasteiger partial charge in [-0.1, -0.05) is 23.7 Å². The molecule has 29 heavy (non-hydrogen) atoms. The number of nitrogens with zero attached hydrogens (tertiary/aromatic N) is 1. The fraction of sp³-hybridized carbons (Fsp3) is 0.273. The van der Waals surface area contributed by atoms with Crippen molar-refractivity contribution >= 4 is 29.6 Å². The number of carbonyl (C=O) groups is 2. The molecule has 0 bridgehead atoms. The van der Waals surface area contributed by atoms with Crippen molar-refractivity contribution < 1.29 is 23.8 Å². The van der Waals surface area contributed by atoms with Crippen LogP contribution in [-0.2, 0) is 27.3 Å². The molecule has 0 atom stereocenters. The molecular weight excluding hydrogens is 394 g/mol. The number of methoxy groups -OCH3 is 2. The fourth-order valence-corrected chi connectivity index (χ4v) is 3.23. The monoisotopic (exact) mass is 415 g/mol. The molecule has 0 spiro atoms. The summed E-state index contributed by atoms with van der Waals surface area (Å²) in [5.74, 6) is 0.488. The van der Waals surface area contributed by atoms with Gasteiger partial charge in [0, 0.05) is 24.2 Å². The number of benzene rings is 2. The van der Waals surface area contributed by atoms with Gasteiger partial charge in [0.05, 0.1) is 14.2 Å². The van der Waals surface area contributed by atoms with E-state index in [2.05, 4.69) is 0 Å². The number of hydrogen-bond acceptors (Lipinski definition) is 5. The van der Waals surface area contributed by atoms with Crippen LogP contribution in [0.1, 0.15) is 16.7 Å². The maximum Gasteiger partial charge on any atom is 0.331 e. The Kier molecular flexibility index (Phi) is 6.77. The Bertz CT molecular complexity index is 924. The second-order valence-electron chi connectivity index (χ2n) is 6.53. The lowest BCUT2D eigenvalue weighted by Crippen LogP contribution is -2.38. The average molecular weight is 416 g/mol. The SMILES string of the molecule is COc1cc2c(cc1OC)CN(C(=O)COC(=O)/C=C/c1ccc(Cl)cc1)CC2. The third kappa shape index (κ3) is 5.29. The normalized spacial score (nSPS) is 13.1. The van der Waals surface area contributed by atoms with Crippen molar-refractivity contribution in [3.63, 3.8) is 0 Å². The van der Waals surface area contributed by atoms with Gasteiger partial charge in [-0.05, 0) is 53.5 Å². The van der Waals surface area contributed by atoms with E-state index in [-0.39, 0.29) is 12.5 Å². The zero-order valence-electron chi connectivity index (χ0n) is 16.3. The largest absolute Gasteiger partial charge is 0.493 e. The first-order valence-corrected chi connectivity index (χ1v) is 9.50. The van der Waals surface area contributed by atoms with E-state index >= 15 is 0 Å². The first-order valence-electron chi connectivity index (χ1n) is 9.12. The molecule has 0 aromatic heterocycles. The highest BCUT2D eigenvalue weighted by Crippen LogP contribution is 2.33. The van der Waals surface area contributed by atoms with Gasteiger partial charge in [0.15, 0.2) is 18.1 Å². The van der Waals surface area contributed by atoms with Crippen LogP contribution >= 0.6 is 11.6 Å². The van der Waals surface area contributed by atoms with Crippen molar-refractivity contribution in [3.05, 3.63) is 64.2 Å². The molecule has 152 valence electrons. The summed E-state index contributed by atoms with van der Waals surface area (Å²) in [5.41, 5.74) is 2.93. The Morgan fingerprint density at radius 1 is 1.07 bits per heavy atom. The number of carbonyl (C=O) groups excluding carboxylic acids is 2. The summed E-state index contributed by atoms with van der Waals surface area (Å²) in [7, 11) is 3.17. The summed E-state index contributed by atoms with van der Waals surface area (Å²) in [5, 5.41) is 0.620. The first-order chi connectivity index (χ1) is 14.0. The van der Waals surface area contributed by atoms with Crippen molar-refractivity contribution in [2.24, 2.45) is 0 Å². The molecule has 0 saturated heterocycles. The molecular formula is C22H22ClNO5. The van der Waals surface area contributed by atoms with Crippen LogP contribution in [-0.4, -0.2) is 44.1 Å². The van der Waals surface area contributed by atoms with Gasteiger partial charge in [0.1, 0.15) is 0 Å². The third-order valence-corrected chi connectivity index (χ3v) is 4.94. The van der Waals surface area contributed by atoms with Gasteiger partial charge in [-0.15, -0.1) is 0 Å². The highest BCUT2D eigenvalue weighted by Gasteiger charge is 2.23. The molecule has 1 amide bonds. The van der Waals surface area contributed by atoms with Crippen LogP contribution in [0.2, 0.25) is 5.02 Å². The van der Waals surface area contributed by atoms with Gasteiger partial charge in [0.25, 0.3) is 5.91 Å². The highest BCUT2D eigenvalue weighted by atomic mass is 35.5. The Hall–Kier alpha value is -2.99. The lowest BCUT2D eigenvalue weighted by Gasteiger charge is -2.29. The lowest BCUT2D eigenvalue weighted by molar-refractivity contribution is -0.148. The Morgan fingerprint density at radius 3 is 2.38 bits per heavy atom. The Labute approximate surface area is 174 Å². The molecule has 1 aliphatic heterocycles. The van der Waals surface area contributed by atoms with Crippen molar-refractivity contribution in [2.75, 3.05) is 27.4 Å². The number of hydrogen-bond donors (Lipinski definition) is 0. The van der Waals surface area contributed by atoms with Crippen LogP contribution in [0.5, 0.6) is 11.5 Å². The van der Waals surface area contributed by atoms with Crippen molar-refractivity contribution in [1.29, 1.82) is 0 Å². The molecule has 7 heteroatoms. The molecule has 0 unspecified atom stereocenters. The summed E-state index contributed by atoms with van der Waals surface area (Å²) >= 11 is 5.83. The van der Waals surface area contributed by atoms with Gasteiger partial charge >= 0.3 is 5.97 Å². The van der Waals surface area contributed by atoms with Gasteiger partial charge in [-0.25, -0.2) is 4.79 Å². The molecule has 1 heterocycles. The van der Waals surface area contributed by atoms with E-state index in [4.69, 9.17) is 25.8 Å². The second-order valence-corrected chi connectivity index (χ2v) is 6.97. The Balaban J connectivity index is 1.55. The van der Waals surface area contributed by atoms with Crippen molar-refractivity contribution in [3.8, 4) is 11.5 Å². The zero-order valence-corrected chi connectivity index (χ0v) is 17.1. The zero-order chi connectivity index (χ0) is 20.8. The van der Waals surface area contributed by atoms with E-state index in [9.17, 15) is 9.59 Å². The average Bonchev–Trinajstić information content (AvgIpc) is 2.75. The van der Waals surface area contributed by atoms with E-state index in [1.165, 1.54) is 6.08 Å². The smallest absolute Gasteiger partial charge is 0.331 e. The van der Waals surface area contributed by atoms with E-state index < -0.39 is 5.97 Å². The molecule has 0 aliphatic carbocycles. The number of halogens is 1. The number of rotatable bonds is 6. The van der Waals surface area contributed by atoms with Crippen LogP contribution in [0, 0.1) is 0 Å². The summed E-state index contributed by atoms with van der Waals surface area (Å²) in [6, 6.07) is 10.9. The number of ether oxygens (including phenoxy) is 3. The maximum atomic E-state index is 12.5. The number of esters is 1. The Morgan fingerprint density at radius 2 is 1.72 bits per heavy atom. The highest BCUT2D eigenvalue weighted by molar-refractivity contribution is 6.30. The molecule has 0 radical (unpaired) electrons. The molecule has 6 nitrogen and oxygen atoms in total. The van der Waals surface area contributed by atoms with Crippen LogP contribution in [0.3, 0.4) is 0 Å². The minimum Gasteiger partial charge on any atom is -0.493 e. The lowest BCUT2D eigenvalue weighted by atomic mass is 9.99. The summed E-state index contributed by atoms with van der Waals surface area (Å²) in [6.45, 7) is 0.693. The predicted molar refractivity (Wildman–Crippen MR) is 110 cm³/mol.